The van der Waals surface area contributed by atoms with Gasteiger partial charge < -0.3 is 5.32 Å². The third-order valence-corrected chi connectivity index (χ3v) is 4.29. The largest absolute Gasteiger partial charge is 0.326 e. The van der Waals surface area contributed by atoms with Crippen LogP contribution in [0.4, 0.5) is 5.69 Å². The van der Waals surface area contributed by atoms with Crippen molar-refractivity contribution in [3.8, 4) is 6.07 Å². The van der Waals surface area contributed by atoms with E-state index >= 15 is 0 Å². The highest BCUT2D eigenvalue weighted by molar-refractivity contribution is 5.91. The van der Waals surface area contributed by atoms with Crippen LogP contribution in [0, 0.1) is 11.3 Å². The standard InChI is InChI=1S/C23H20N2O/c24-17-21-12-5-4-10-19(21)14-15-23(26)25-22-13-7-6-11-20(22)16-18-8-2-1-3-9-18/h1-13H,14-16H2,(H,25,26). The zero-order valence-electron chi connectivity index (χ0n) is 14.5. The second-order valence-corrected chi connectivity index (χ2v) is 6.14. The fourth-order valence-corrected chi connectivity index (χ4v) is 2.92. The average Bonchev–Trinajstić information content (AvgIpc) is 2.69. The molecule has 0 fully saturated rings. The Hall–Kier alpha value is -3.38. The third-order valence-electron chi connectivity index (χ3n) is 4.29. The molecule has 0 bridgehead atoms. The SMILES string of the molecule is N#Cc1ccccc1CCC(=O)Nc1ccccc1Cc1ccccc1. The van der Waals surface area contributed by atoms with E-state index < -0.39 is 0 Å². The summed E-state index contributed by atoms with van der Waals surface area (Å²) in [5.74, 6) is -0.0433. The molecule has 1 N–H and O–H groups in total. The first-order valence-electron chi connectivity index (χ1n) is 8.66. The van der Waals surface area contributed by atoms with Crippen LogP contribution in [0.5, 0.6) is 0 Å². The van der Waals surface area contributed by atoms with Gasteiger partial charge in [0.1, 0.15) is 0 Å². The van der Waals surface area contributed by atoms with Gasteiger partial charge in [-0.2, -0.15) is 5.26 Å². The van der Waals surface area contributed by atoms with E-state index in [1.807, 2.05) is 60.7 Å². The summed E-state index contributed by atoms with van der Waals surface area (Å²) in [6.45, 7) is 0. The summed E-state index contributed by atoms with van der Waals surface area (Å²) in [4.78, 5) is 12.4. The third kappa shape index (κ3) is 4.58. The highest BCUT2D eigenvalue weighted by atomic mass is 16.1. The fraction of sp³-hybridized carbons (Fsp3) is 0.130. The molecule has 26 heavy (non-hydrogen) atoms. The van der Waals surface area contributed by atoms with E-state index in [9.17, 15) is 4.79 Å². The quantitative estimate of drug-likeness (QED) is 0.706. The Balaban J connectivity index is 1.65. The fourth-order valence-electron chi connectivity index (χ4n) is 2.92. The van der Waals surface area contributed by atoms with Crippen molar-refractivity contribution in [2.24, 2.45) is 0 Å². The average molecular weight is 340 g/mol. The Morgan fingerprint density at radius 2 is 1.50 bits per heavy atom. The van der Waals surface area contributed by atoms with Gasteiger partial charge in [-0.25, -0.2) is 0 Å². The maximum Gasteiger partial charge on any atom is 0.224 e. The number of hydrogen-bond donors (Lipinski definition) is 1. The molecule has 0 saturated heterocycles. The number of carbonyl (C=O) groups is 1. The molecule has 1 amide bonds. The van der Waals surface area contributed by atoms with Gasteiger partial charge in [-0.15, -0.1) is 0 Å². The first kappa shape index (κ1) is 17.4. The molecule has 0 unspecified atom stereocenters. The number of amides is 1. The van der Waals surface area contributed by atoms with Crippen molar-refractivity contribution in [2.45, 2.75) is 19.3 Å². The monoisotopic (exact) mass is 340 g/mol. The molecular weight excluding hydrogens is 320 g/mol. The van der Waals surface area contributed by atoms with Crippen molar-refractivity contribution in [2.75, 3.05) is 5.32 Å². The number of nitrogens with one attached hydrogen (secondary N) is 1. The van der Waals surface area contributed by atoms with Crippen molar-refractivity contribution in [3.05, 3.63) is 101 Å². The van der Waals surface area contributed by atoms with Crippen molar-refractivity contribution < 1.29 is 4.79 Å². The topological polar surface area (TPSA) is 52.9 Å². The molecule has 0 radical (unpaired) electrons. The van der Waals surface area contributed by atoms with Crippen LogP contribution in [0.2, 0.25) is 0 Å². The molecule has 0 heterocycles. The van der Waals surface area contributed by atoms with Gasteiger partial charge in [-0.05, 0) is 41.7 Å². The summed E-state index contributed by atoms with van der Waals surface area (Å²) in [5, 5.41) is 12.2. The lowest BCUT2D eigenvalue weighted by atomic mass is 10.0. The van der Waals surface area contributed by atoms with Crippen LogP contribution >= 0.6 is 0 Å². The molecule has 3 rings (SSSR count). The Kier molecular flexibility index (Phi) is 5.80. The van der Waals surface area contributed by atoms with E-state index in [4.69, 9.17) is 5.26 Å². The molecule has 3 aromatic carbocycles. The zero-order valence-corrected chi connectivity index (χ0v) is 14.5. The van der Waals surface area contributed by atoms with Gasteiger partial charge in [0.15, 0.2) is 0 Å². The molecule has 3 nitrogen and oxygen atoms in total. The minimum atomic E-state index is -0.0433. The van der Waals surface area contributed by atoms with Crippen molar-refractivity contribution in [1.82, 2.24) is 0 Å². The molecule has 0 aliphatic rings. The summed E-state index contributed by atoms with van der Waals surface area (Å²) in [6, 6.07) is 27.6. The predicted octanol–water partition coefficient (Wildman–Crippen LogP) is 4.72. The number of rotatable bonds is 6. The van der Waals surface area contributed by atoms with Gasteiger partial charge in [-0.1, -0.05) is 66.7 Å². The molecule has 128 valence electrons. The predicted molar refractivity (Wildman–Crippen MR) is 104 cm³/mol. The Morgan fingerprint density at radius 1 is 0.846 bits per heavy atom. The molecule has 3 aromatic rings. The minimum absolute atomic E-state index is 0.0433. The lowest BCUT2D eigenvalue weighted by Crippen LogP contribution is -2.14. The summed E-state index contributed by atoms with van der Waals surface area (Å²) in [6.07, 6.45) is 1.67. The summed E-state index contributed by atoms with van der Waals surface area (Å²) in [5.41, 5.74) is 4.67. The molecule has 0 spiro atoms. The molecule has 0 aliphatic carbocycles. The zero-order chi connectivity index (χ0) is 18.2. The Morgan fingerprint density at radius 3 is 2.27 bits per heavy atom. The van der Waals surface area contributed by atoms with Crippen LogP contribution in [0.15, 0.2) is 78.9 Å². The lowest BCUT2D eigenvalue weighted by molar-refractivity contribution is -0.116. The van der Waals surface area contributed by atoms with Gasteiger partial charge in [-0.3, -0.25) is 4.79 Å². The van der Waals surface area contributed by atoms with E-state index in [0.717, 1.165) is 23.2 Å². The lowest BCUT2D eigenvalue weighted by Gasteiger charge is -2.11. The first-order valence-corrected chi connectivity index (χ1v) is 8.66. The minimum Gasteiger partial charge on any atom is -0.326 e. The van der Waals surface area contributed by atoms with Gasteiger partial charge in [0.25, 0.3) is 0 Å². The van der Waals surface area contributed by atoms with Crippen LogP contribution in [-0.4, -0.2) is 5.91 Å². The van der Waals surface area contributed by atoms with E-state index in [1.165, 1.54) is 5.56 Å². The summed E-state index contributed by atoms with van der Waals surface area (Å²) >= 11 is 0. The number of nitrogens with zero attached hydrogens (tertiary/aromatic N) is 1. The summed E-state index contributed by atoms with van der Waals surface area (Å²) in [7, 11) is 0. The van der Waals surface area contributed by atoms with Crippen molar-refractivity contribution in [3.63, 3.8) is 0 Å². The second kappa shape index (κ2) is 8.64. The molecule has 0 saturated carbocycles. The summed E-state index contributed by atoms with van der Waals surface area (Å²) < 4.78 is 0. The number of aryl methyl sites for hydroxylation is 1. The van der Waals surface area contributed by atoms with Crippen LogP contribution in [-0.2, 0) is 17.6 Å². The van der Waals surface area contributed by atoms with Crippen LogP contribution in [0.3, 0.4) is 0 Å². The van der Waals surface area contributed by atoms with Crippen LogP contribution in [0.1, 0.15) is 28.7 Å². The molecule has 0 aromatic heterocycles. The van der Waals surface area contributed by atoms with Crippen LogP contribution in [0.25, 0.3) is 0 Å². The van der Waals surface area contributed by atoms with E-state index in [-0.39, 0.29) is 5.91 Å². The Labute approximate surface area is 153 Å². The number of para-hydroxylation sites is 1. The number of hydrogen-bond acceptors (Lipinski definition) is 2. The molecule has 0 aliphatic heterocycles. The maximum atomic E-state index is 12.4. The normalized spacial score (nSPS) is 10.1. The van der Waals surface area contributed by atoms with Gasteiger partial charge in [0.05, 0.1) is 11.6 Å². The number of anilines is 1. The van der Waals surface area contributed by atoms with E-state index in [0.29, 0.717) is 18.4 Å². The highest BCUT2D eigenvalue weighted by Gasteiger charge is 2.09. The molecular formula is C23H20N2O. The van der Waals surface area contributed by atoms with Gasteiger partial charge in [0, 0.05) is 12.1 Å². The number of carbonyl (C=O) groups excluding carboxylic acids is 1. The van der Waals surface area contributed by atoms with Crippen molar-refractivity contribution >= 4 is 11.6 Å². The molecule has 0 atom stereocenters. The van der Waals surface area contributed by atoms with E-state index in [1.54, 1.807) is 6.07 Å². The van der Waals surface area contributed by atoms with Gasteiger partial charge >= 0.3 is 0 Å². The second-order valence-electron chi connectivity index (χ2n) is 6.14. The number of benzene rings is 3. The number of nitriles is 1. The highest BCUT2D eigenvalue weighted by Crippen LogP contribution is 2.20. The van der Waals surface area contributed by atoms with Crippen molar-refractivity contribution in [1.29, 1.82) is 5.26 Å². The maximum absolute atomic E-state index is 12.4. The Bertz CT molecular complexity index is 926. The molecule has 3 heteroatoms. The van der Waals surface area contributed by atoms with Gasteiger partial charge in [0.2, 0.25) is 5.91 Å². The van der Waals surface area contributed by atoms with Crippen LogP contribution < -0.4 is 5.32 Å². The first-order chi connectivity index (χ1) is 12.8. The van der Waals surface area contributed by atoms with E-state index in [2.05, 4.69) is 23.5 Å². The smallest absolute Gasteiger partial charge is 0.224 e.